The number of aromatic nitrogens is 1. The molecule has 1 atom stereocenters. The zero-order chi connectivity index (χ0) is 15.4. The Balaban J connectivity index is 1.66. The van der Waals surface area contributed by atoms with Gasteiger partial charge in [0.1, 0.15) is 6.10 Å². The lowest BCUT2D eigenvalue weighted by molar-refractivity contribution is 0.0250. The molecule has 2 aromatic rings. The molecule has 1 saturated heterocycles. The summed E-state index contributed by atoms with van der Waals surface area (Å²) in [5.74, 6) is 0.0348. The fourth-order valence-electron chi connectivity index (χ4n) is 2.44. The number of ether oxygens (including phenoxy) is 1. The van der Waals surface area contributed by atoms with Crippen LogP contribution in [0.4, 0.5) is 0 Å². The van der Waals surface area contributed by atoms with Gasteiger partial charge in [-0.15, -0.1) is 0 Å². The zero-order valence-corrected chi connectivity index (χ0v) is 12.8. The van der Waals surface area contributed by atoms with Gasteiger partial charge in [-0.2, -0.15) is 0 Å². The Bertz CT molecular complexity index is 652. The maximum atomic E-state index is 12.2. The number of carbonyl (C=O) groups is 1. The third-order valence-corrected chi connectivity index (χ3v) is 3.85. The molecule has 0 aliphatic carbocycles. The van der Waals surface area contributed by atoms with Crippen molar-refractivity contribution < 1.29 is 9.53 Å². The molecule has 114 valence electrons. The van der Waals surface area contributed by atoms with E-state index in [4.69, 9.17) is 16.3 Å². The van der Waals surface area contributed by atoms with Crippen LogP contribution in [0.3, 0.4) is 0 Å². The highest BCUT2D eigenvalue weighted by molar-refractivity contribution is 6.31. The van der Waals surface area contributed by atoms with E-state index >= 15 is 0 Å². The number of pyridine rings is 1. The van der Waals surface area contributed by atoms with Gasteiger partial charge in [0.05, 0.1) is 12.3 Å². The molecule has 1 fully saturated rings. The van der Waals surface area contributed by atoms with Gasteiger partial charge in [-0.1, -0.05) is 29.8 Å². The zero-order valence-electron chi connectivity index (χ0n) is 12.1. The molecule has 0 radical (unpaired) electrons. The molecule has 5 heteroatoms. The van der Waals surface area contributed by atoms with E-state index in [1.165, 1.54) is 0 Å². The lowest BCUT2D eigenvalue weighted by Crippen LogP contribution is -2.33. The Morgan fingerprint density at radius 1 is 1.36 bits per heavy atom. The normalized spacial score (nSPS) is 18.1. The second-order valence-corrected chi connectivity index (χ2v) is 5.70. The van der Waals surface area contributed by atoms with E-state index in [1.807, 2.05) is 12.1 Å². The van der Waals surface area contributed by atoms with E-state index in [9.17, 15) is 4.79 Å². The molecular formula is C17H17ClN2O2. The van der Waals surface area contributed by atoms with Crippen LogP contribution in [0, 0.1) is 0 Å². The minimum Gasteiger partial charge on any atom is -0.369 e. The van der Waals surface area contributed by atoms with E-state index in [2.05, 4.69) is 10.3 Å². The van der Waals surface area contributed by atoms with Crippen LogP contribution < -0.4 is 5.32 Å². The predicted molar refractivity (Wildman–Crippen MR) is 85.3 cm³/mol. The molecule has 2 heterocycles. The summed E-state index contributed by atoms with van der Waals surface area (Å²) in [7, 11) is 0. The van der Waals surface area contributed by atoms with Crippen LogP contribution in [0.2, 0.25) is 5.02 Å². The molecule has 1 aromatic carbocycles. The van der Waals surface area contributed by atoms with Crippen molar-refractivity contribution in [1.29, 1.82) is 0 Å². The summed E-state index contributed by atoms with van der Waals surface area (Å²) in [4.78, 5) is 16.7. The number of hydrogen-bond acceptors (Lipinski definition) is 4. The molecule has 0 bridgehead atoms. The maximum absolute atomic E-state index is 12.2. The predicted octanol–water partition coefficient (Wildman–Crippen LogP) is 2.82. The summed E-state index contributed by atoms with van der Waals surface area (Å²) in [6.45, 7) is 2.35. The summed E-state index contributed by atoms with van der Waals surface area (Å²) in [6, 6.07) is 10.9. The van der Waals surface area contributed by atoms with Crippen molar-refractivity contribution in [3.05, 3.63) is 64.4 Å². The molecule has 1 aliphatic heterocycles. The fraction of sp³-hybridized carbons (Fsp3) is 0.294. The third-order valence-electron chi connectivity index (χ3n) is 3.62. The first-order valence-corrected chi connectivity index (χ1v) is 7.66. The topological polar surface area (TPSA) is 51.2 Å². The number of halogens is 1. The Hall–Kier alpha value is -1.75. The Morgan fingerprint density at radius 2 is 2.27 bits per heavy atom. The number of ketones is 1. The number of nitrogens with zero attached hydrogens (tertiary/aromatic N) is 1. The molecule has 1 aliphatic rings. The summed E-state index contributed by atoms with van der Waals surface area (Å²) in [5, 5.41) is 3.85. The first-order chi connectivity index (χ1) is 10.7. The third kappa shape index (κ3) is 3.71. The largest absolute Gasteiger partial charge is 0.369 e. The van der Waals surface area contributed by atoms with Crippen LogP contribution in [0.5, 0.6) is 0 Å². The highest BCUT2D eigenvalue weighted by Crippen LogP contribution is 2.18. The van der Waals surface area contributed by atoms with Gasteiger partial charge in [-0.3, -0.25) is 9.78 Å². The highest BCUT2D eigenvalue weighted by atomic mass is 35.5. The number of nitrogens with one attached hydrogen (secondary N) is 1. The fourth-order valence-corrected chi connectivity index (χ4v) is 2.63. The van der Waals surface area contributed by atoms with Crippen molar-refractivity contribution in [2.75, 3.05) is 19.7 Å². The monoisotopic (exact) mass is 316 g/mol. The van der Waals surface area contributed by atoms with Crippen molar-refractivity contribution in [2.24, 2.45) is 0 Å². The molecule has 0 saturated carbocycles. The standard InChI is InChI=1S/C17H17ClN2O2/c18-14-3-1-2-13(9-14)16(21)8-12-4-5-15(20-10-12)17-11-19-6-7-22-17/h1-5,9-10,17,19H,6-8,11H2/t17-/m0/s1. The Kier molecular flexibility index (Phi) is 4.83. The van der Waals surface area contributed by atoms with Gasteiger partial charge >= 0.3 is 0 Å². The number of hydrogen-bond donors (Lipinski definition) is 1. The van der Waals surface area contributed by atoms with Crippen LogP contribution in [0.1, 0.15) is 27.7 Å². The second-order valence-electron chi connectivity index (χ2n) is 5.27. The lowest BCUT2D eigenvalue weighted by Gasteiger charge is -2.23. The number of Topliss-reactive ketones (excluding diaryl/α,β-unsaturated/α-hetero) is 1. The highest BCUT2D eigenvalue weighted by Gasteiger charge is 2.17. The van der Waals surface area contributed by atoms with Crippen molar-refractivity contribution in [2.45, 2.75) is 12.5 Å². The molecule has 0 unspecified atom stereocenters. The average molecular weight is 317 g/mol. The Morgan fingerprint density at radius 3 is 2.95 bits per heavy atom. The van der Waals surface area contributed by atoms with Crippen LogP contribution in [-0.2, 0) is 11.2 Å². The van der Waals surface area contributed by atoms with Gasteiger partial charge in [-0.05, 0) is 23.8 Å². The van der Waals surface area contributed by atoms with Gasteiger partial charge in [0, 0.05) is 36.3 Å². The average Bonchev–Trinajstić information content (AvgIpc) is 2.56. The minimum absolute atomic E-state index is 0.00793. The van der Waals surface area contributed by atoms with E-state index in [0.717, 1.165) is 24.3 Å². The Labute approximate surface area is 134 Å². The van der Waals surface area contributed by atoms with Crippen LogP contribution in [-0.4, -0.2) is 30.5 Å². The van der Waals surface area contributed by atoms with Crippen LogP contribution >= 0.6 is 11.6 Å². The van der Waals surface area contributed by atoms with E-state index < -0.39 is 0 Å². The maximum Gasteiger partial charge on any atom is 0.167 e. The van der Waals surface area contributed by atoms with E-state index in [-0.39, 0.29) is 11.9 Å². The van der Waals surface area contributed by atoms with Crippen LogP contribution in [0.25, 0.3) is 0 Å². The summed E-state index contributed by atoms with van der Waals surface area (Å²) < 4.78 is 5.66. The summed E-state index contributed by atoms with van der Waals surface area (Å²) in [6.07, 6.45) is 2.05. The van der Waals surface area contributed by atoms with E-state index in [1.54, 1.807) is 30.5 Å². The van der Waals surface area contributed by atoms with E-state index in [0.29, 0.717) is 23.6 Å². The smallest absolute Gasteiger partial charge is 0.167 e. The molecule has 4 nitrogen and oxygen atoms in total. The quantitative estimate of drug-likeness (QED) is 0.881. The first kappa shape index (κ1) is 15.2. The van der Waals surface area contributed by atoms with Crippen LogP contribution in [0.15, 0.2) is 42.6 Å². The number of benzene rings is 1. The summed E-state index contributed by atoms with van der Waals surface area (Å²) in [5.41, 5.74) is 2.40. The number of carbonyl (C=O) groups excluding carboxylic acids is 1. The molecule has 22 heavy (non-hydrogen) atoms. The van der Waals surface area contributed by atoms with Gasteiger partial charge in [0.15, 0.2) is 5.78 Å². The van der Waals surface area contributed by atoms with Gasteiger partial charge in [-0.25, -0.2) is 0 Å². The van der Waals surface area contributed by atoms with Crippen molar-refractivity contribution in [3.8, 4) is 0 Å². The molecule has 1 N–H and O–H groups in total. The first-order valence-electron chi connectivity index (χ1n) is 7.28. The molecule has 1 aromatic heterocycles. The molecule has 0 amide bonds. The number of morpholine rings is 1. The molecule has 0 spiro atoms. The van der Waals surface area contributed by atoms with Gasteiger partial charge in [0.2, 0.25) is 0 Å². The van der Waals surface area contributed by atoms with Gasteiger partial charge in [0.25, 0.3) is 0 Å². The van der Waals surface area contributed by atoms with Crippen molar-refractivity contribution in [3.63, 3.8) is 0 Å². The second kappa shape index (κ2) is 7.01. The SMILES string of the molecule is O=C(Cc1ccc([C@@H]2CNCCO2)nc1)c1cccc(Cl)c1. The lowest BCUT2D eigenvalue weighted by atomic mass is 10.0. The number of rotatable bonds is 4. The minimum atomic E-state index is -0.00793. The van der Waals surface area contributed by atoms with Gasteiger partial charge < -0.3 is 10.1 Å². The molecular weight excluding hydrogens is 300 g/mol. The molecule has 3 rings (SSSR count). The van der Waals surface area contributed by atoms with Crippen molar-refractivity contribution >= 4 is 17.4 Å². The summed E-state index contributed by atoms with van der Waals surface area (Å²) >= 11 is 5.91. The van der Waals surface area contributed by atoms with Crippen molar-refractivity contribution in [1.82, 2.24) is 10.3 Å².